The average Bonchev–Trinajstić information content (AvgIpc) is 2.40. The molecule has 1 aliphatic rings. The van der Waals surface area contributed by atoms with Gasteiger partial charge in [0.05, 0.1) is 5.69 Å². The second-order valence-corrected chi connectivity index (χ2v) is 6.53. The first-order chi connectivity index (χ1) is 9.40. The molecule has 4 nitrogen and oxygen atoms in total. The number of rotatable bonds is 3. The number of anilines is 2. The molecule has 1 aromatic heterocycles. The fraction of sp³-hybridized carbons (Fsp3) is 0.688. The Morgan fingerprint density at radius 1 is 1.35 bits per heavy atom. The molecule has 4 heteroatoms. The van der Waals surface area contributed by atoms with E-state index in [1.54, 1.807) is 0 Å². The largest absolute Gasteiger partial charge is 0.470 e. The molecule has 0 aliphatic carbocycles. The van der Waals surface area contributed by atoms with Gasteiger partial charge in [0.25, 0.3) is 0 Å². The van der Waals surface area contributed by atoms with Crippen LogP contribution in [0.3, 0.4) is 0 Å². The summed E-state index contributed by atoms with van der Waals surface area (Å²) in [5, 5.41) is 0. The van der Waals surface area contributed by atoms with Crippen LogP contribution in [0.2, 0.25) is 0 Å². The first-order valence-electron chi connectivity index (χ1n) is 7.63. The fourth-order valence-corrected chi connectivity index (χ4v) is 2.70. The second kappa shape index (κ2) is 5.90. The summed E-state index contributed by atoms with van der Waals surface area (Å²) in [4.78, 5) is 7.06. The third-order valence-corrected chi connectivity index (χ3v) is 3.67. The van der Waals surface area contributed by atoms with Crippen molar-refractivity contribution >= 4 is 11.5 Å². The highest BCUT2D eigenvalue weighted by Crippen LogP contribution is 2.30. The van der Waals surface area contributed by atoms with E-state index in [1.165, 1.54) is 19.3 Å². The molecule has 1 fully saturated rings. The minimum atomic E-state index is -0.286. The van der Waals surface area contributed by atoms with Gasteiger partial charge >= 0.3 is 0 Å². The second-order valence-electron chi connectivity index (χ2n) is 6.53. The van der Waals surface area contributed by atoms with Crippen LogP contribution in [0.15, 0.2) is 12.1 Å². The molecule has 20 heavy (non-hydrogen) atoms. The zero-order valence-electron chi connectivity index (χ0n) is 13.1. The number of aromatic nitrogens is 1. The van der Waals surface area contributed by atoms with E-state index in [-0.39, 0.29) is 5.60 Å². The first-order valence-corrected chi connectivity index (χ1v) is 7.63. The smallest absolute Gasteiger partial charge is 0.239 e. The Morgan fingerprint density at radius 3 is 2.75 bits per heavy atom. The summed E-state index contributed by atoms with van der Waals surface area (Å²) in [6.07, 6.45) is 4.95. The monoisotopic (exact) mass is 277 g/mol. The van der Waals surface area contributed by atoms with Gasteiger partial charge in [-0.3, -0.25) is 0 Å². The number of pyridine rings is 1. The number of ether oxygens (including phenoxy) is 1. The average molecular weight is 277 g/mol. The van der Waals surface area contributed by atoms with Gasteiger partial charge in [0.2, 0.25) is 5.88 Å². The fourth-order valence-electron chi connectivity index (χ4n) is 2.70. The maximum atomic E-state index is 5.99. The van der Waals surface area contributed by atoms with Crippen molar-refractivity contribution in [1.82, 2.24) is 4.98 Å². The van der Waals surface area contributed by atoms with Crippen LogP contribution in [-0.4, -0.2) is 23.2 Å². The van der Waals surface area contributed by atoms with Crippen LogP contribution >= 0.6 is 0 Å². The summed E-state index contributed by atoms with van der Waals surface area (Å²) in [7, 11) is 0. The summed E-state index contributed by atoms with van der Waals surface area (Å²) >= 11 is 0. The van der Waals surface area contributed by atoms with Gasteiger partial charge in [0.1, 0.15) is 11.4 Å². The molecule has 1 aromatic rings. The Kier molecular flexibility index (Phi) is 4.41. The van der Waals surface area contributed by atoms with Crippen molar-refractivity contribution in [2.45, 2.75) is 65.0 Å². The van der Waals surface area contributed by atoms with E-state index in [9.17, 15) is 0 Å². The molecule has 0 aromatic carbocycles. The number of hydrogen-bond donors (Lipinski definition) is 1. The molecule has 2 N–H and O–H groups in total. The van der Waals surface area contributed by atoms with E-state index in [4.69, 9.17) is 10.5 Å². The molecule has 0 spiro atoms. The third kappa shape index (κ3) is 3.56. The quantitative estimate of drug-likeness (QED) is 0.917. The predicted molar refractivity (Wildman–Crippen MR) is 84.3 cm³/mol. The SMILES string of the molecule is CCC1CCCCN1c1ccc(N)c(OC(C)(C)C)n1. The van der Waals surface area contributed by atoms with Gasteiger partial charge in [-0.25, -0.2) is 0 Å². The van der Waals surface area contributed by atoms with E-state index in [0.717, 1.165) is 18.8 Å². The summed E-state index contributed by atoms with van der Waals surface area (Å²) in [5.74, 6) is 1.54. The Morgan fingerprint density at radius 2 is 2.10 bits per heavy atom. The van der Waals surface area contributed by atoms with Crippen molar-refractivity contribution in [2.75, 3.05) is 17.2 Å². The lowest BCUT2D eigenvalue weighted by Crippen LogP contribution is -2.39. The summed E-state index contributed by atoms with van der Waals surface area (Å²) in [6, 6.07) is 4.51. The molecule has 1 saturated heterocycles. The molecule has 0 radical (unpaired) electrons. The molecule has 0 amide bonds. The Bertz CT molecular complexity index is 454. The summed E-state index contributed by atoms with van der Waals surface area (Å²) < 4.78 is 5.87. The minimum absolute atomic E-state index is 0.286. The predicted octanol–water partition coefficient (Wildman–Crippen LogP) is 3.61. The van der Waals surface area contributed by atoms with Gasteiger partial charge in [0, 0.05) is 12.6 Å². The lowest BCUT2D eigenvalue weighted by Gasteiger charge is -2.36. The highest BCUT2D eigenvalue weighted by atomic mass is 16.5. The van der Waals surface area contributed by atoms with Crippen molar-refractivity contribution < 1.29 is 4.74 Å². The highest BCUT2D eigenvalue weighted by Gasteiger charge is 2.23. The van der Waals surface area contributed by atoms with Crippen LogP contribution in [0.4, 0.5) is 11.5 Å². The summed E-state index contributed by atoms with van der Waals surface area (Å²) in [6.45, 7) is 9.35. The third-order valence-electron chi connectivity index (χ3n) is 3.67. The Balaban J connectivity index is 2.25. The molecule has 0 bridgehead atoms. The highest BCUT2D eigenvalue weighted by molar-refractivity contribution is 5.55. The molecule has 2 rings (SSSR count). The zero-order valence-corrected chi connectivity index (χ0v) is 13.1. The van der Waals surface area contributed by atoms with E-state index < -0.39 is 0 Å². The van der Waals surface area contributed by atoms with Gasteiger partial charge in [-0.2, -0.15) is 4.98 Å². The van der Waals surface area contributed by atoms with Crippen LogP contribution in [0.1, 0.15) is 53.4 Å². The standard InChI is InChI=1S/C16H27N3O/c1-5-12-8-6-7-11-19(12)14-10-9-13(17)15(18-14)20-16(2,3)4/h9-10,12H,5-8,11,17H2,1-4H3. The van der Waals surface area contributed by atoms with E-state index in [2.05, 4.69) is 16.8 Å². The molecule has 1 aliphatic heterocycles. The van der Waals surface area contributed by atoms with Gasteiger partial charge in [0.15, 0.2) is 0 Å². The number of piperidine rings is 1. The molecular formula is C16H27N3O. The lowest BCUT2D eigenvalue weighted by atomic mass is 10.00. The summed E-state index contributed by atoms with van der Waals surface area (Å²) in [5.41, 5.74) is 6.31. The molecule has 112 valence electrons. The minimum Gasteiger partial charge on any atom is -0.470 e. The van der Waals surface area contributed by atoms with Crippen molar-refractivity contribution in [3.63, 3.8) is 0 Å². The molecule has 0 saturated carbocycles. The molecule has 2 heterocycles. The van der Waals surface area contributed by atoms with Gasteiger partial charge in [-0.1, -0.05) is 6.92 Å². The lowest BCUT2D eigenvalue weighted by molar-refractivity contribution is 0.125. The number of nitrogens with two attached hydrogens (primary N) is 1. The topological polar surface area (TPSA) is 51.4 Å². The van der Waals surface area contributed by atoms with Crippen molar-refractivity contribution in [3.8, 4) is 5.88 Å². The van der Waals surface area contributed by atoms with E-state index >= 15 is 0 Å². The molecule has 1 unspecified atom stereocenters. The van der Waals surface area contributed by atoms with Gasteiger partial charge < -0.3 is 15.4 Å². The zero-order chi connectivity index (χ0) is 14.8. The van der Waals surface area contributed by atoms with Crippen LogP contribution in [0, 0.1) is 0 Å². The van der Waals surface area contributed by atoms with Crippen molar-refractivity contribution in [3.05, 3.63) is 12.1 Å². The Labute approximate surface area is 122 Å². The Hall–Kier alpha value is -1.45. The van der Waals surface area contributed by atoms with Crippen LogP contribution in [0.25, 0.3) is 0 Å². The van der Waals surface area contributed by atoms with Crippen LogP contribution < -0.4 is 15.4 Å². The number of hydrogen-bond acceptors (Lipinski definition) is 4. The van der Waals surface area contributed by atoms with Crippen molar-refractivity contribution in [2.24, 2.45) is 0 Å². The molecule has 1 atom stereocenters. The molecular weight excluding hydrogens is 250 g/mol. The van der Waals surface area contributed by atoms with Gasteiger partial charge in [-0.05, 0) is 58.6 Å². The van der Waals surface area contributed by atoms with Gasteiger partial charge in [-0.15, -0.1) is 0 Å². The number of nitrogens with zero attached hydrogens (tertiary/aromatic N) is 2. The van der Waals surface area contributed by atoms with E-state index in [1.807, 2.05) is 32.9 Å². The van der Waals surface area contributed by atoms with Crippen LogP contribution in [-0.2, 0) is 0 Å². The van der Waals surface area contributed by atoms with Crippen molar-refractivity contribution in [1.29, 1.82) is 0 Å². The first kappa shape index (κ1) is 14.9. The maximum Gasteiger partial charge on any atom is 0.239 e. The van der Waals surface area contributed by atoms with E-state index in [0.29, 0.717) is 17.6 Å². The number of nitrogen functional groups attached to an aromatic ring is 1. The van der Waals surface area contributed by atoms with Crippen LogP contribution in [0.5, 0.6) is 5.88 Å². The maximum absolute atomic E-state index is 5.99. The normalized spacial score (nSPS) is 20.0.